The molecule has 1 fully saturated rings. The summed E-state index contributed by atoms with van der Waals surface area (Å²) in [6, 6.07) is 9.54. The molecule has 0 radical (unpaired) electrons. The number of nitrogens with zero attached hydrogens (tertiary/aromatic N) is 2. The van der Waals surface area contributed by atoms with Gasteiger partial charge in [-0.25, -0.2) is 0 Å². The Kier molecular flexibility index (Phi) is 4.02. The molecule has 1 aromatic rings. The minimum Gasteiger partial charge on any atom is -0.342 e. The lowest BCUT2D eigenvalue weighted by Crippen LogP contribution is -2.55. The minimum atomic E-state index is 0.417. The van der Waals surface area contributed by atoms with Gasteiger partial charge in [-0.15, -0.1) is 0 Å². The third-order valence-electron chi connectivity index (χ3n) is 3.76. The number of benzene rings is 1. The van der Waals surface area contributed by atoms with Crippen LogP contribution in [0.5, 0.6) is 0 Å². The van der Waals surface area contributed by atoms with E-state index in [1.165, 1.54) is 11.1 Å². The molecule has 1 aromatic carbocycles. The molecule has 0 aromatic heterocycles. The maximum atomic E-state index is 10.9. The first kappa shape index (κ1) is 13.1. The number of amides is 1. The number of piperazine rings is 1. The predicted octanol–water partition coefficient (Wildman–Crippen LogP) is 2.05. The van der Waals surface area contributed by atoms with Crippen molar-refractivity contribution in [2.45, 2.75) is 39.4 Å². The van der Waals surface area contributed by atoms with E-state index in [2.05, 4.69) is 49.9 Å². The second-order valence-electron chi connectivity index (χ2n) is 5.42. The Hall–Kier alpha value is -1.35. The molecular weight excluding hydrogens is 224 g/mol. The second kappa shape index (κ2) is 5.53. The first-order valence-electron chi connectivity index (χ1n) is 6.61. The third-order valence-corrected chi connectivity index (χ3v) is 3.76. The van der Waals surface area contributed by atoms with Crippen LogP contribution in [-0.2, 0) is 11.3 Å². The molecule has 1 saturated heterocycles. The van der Waals surface area contributed by atoms with Crippen molar-refractivity contribution in [1.29, 1.82) is 0 Å². The van der Waals surface area contributed by atoms with E-state index in [4.69, 9.17) is 0 Å². The fraction of sp³-hybridized carbons (Fsp3) is 0.533. The Morgan fingerprint density at radius 1 is 1.17 bits per heavy atom. The number of hydrogen-bond acceptors (Lipinski definition) is 2. The molecule has 0 N–H and O–H groups in total. The number of carbonyl (C=O) groups excluding carboxylic acids is 1. The van der Waals surface area contributed by atoms with Crippen molar-refractivity contribution in [2.24, 2.45) is 0 Å². The highest BCUT2D eigenvalue weighted by Gasteiger charge is 2.28. The average molecular weight is 246 g/mol. The van der Waals surface area contributed by atoms with Gasteiger partial charge in [0.15, 0.2) is 0 Å². The summed E-state index contributed by atoms with van der Waals surface area (Å²) >= 11 is 0. The van der Waals surface area contributed by atoms with Crippen LogP contribution in [0.1, 0.15) is 25.0 Å². The summed E-state index contributed by atoms with van der Waals surface area (Å²) < 4.78 is 0. The summed E-state index contributed by atoms with van der Waals surface area (Å²) in [5, 5.41) is 0. The summed E-state index contributed by atoms with van der Waals surface area (Å²) in [5.74, 6) is 0. The van der Waals surface area contributed by atoms with Crippen molar-refractivity contribution in [2.75, 3.05) is 13.1 Å². The quantitative estimate of drug-likeness (QED) is 0.762. The molecule has 2 atom stereocenters. The molecular formula is C15H22N2O. The zero-order valence-electron chi connectivity index (χ0n) is 11.5. The zero-order valence-corrected chi connectivity index (χ0v) is 11.5. The van der Waals surface area contributed by atoms with Gasteiger partial charge >= 0.3 is 0 Å². The number of rotatable bonds is 3. The van der Waals surface area contributed by atoms with E-state index in [1.807, 2.05) is 4.90 Å². The molecule has 1 amide bonds. The van der Waals surface area contributed by atoms with Gasteiger partial charge < -0.3 is 4.90 Å². The van der Waals surface area contributed by atoms with Gasteiger partial charge in [0.05, 0.1) is 0 Å². The summed E-state index contributed by atoms with van der Waals surface area (Å²) in [6.45, 7) is 9.13. The van der Waals surface area contributed by atoms with Gasteiger partial charge in [-0.3, -0.25) is 9.69 Å². The van der Waals surface area contributed by atoms with Crippen LogP contribution in [0.3, 0.4) is 0 Å². The Labute approximate surface area is 109 Å². The Morgan fingerprint density at radius 3 is 2.22 bits per heavy atom. The maximum Gasteiger partial charge on any atom is 0.209 e. The molecule has 1 aliphatic rings. The van der Waals surface area contributed by atoms with E-state index in [1.54, 1.807) is 0 Å². The normalized spacial score (nSPS) is 25.2. The van der Waals surface area contributed by atoms with Crippen molar-refractivity contribution >= 4 is 6.41 Å². The van der Waals surface area contributed by atoms with E-state index in [0.717, 1.165) is 26.0 Å². The van der Waals surface area contributed by atoms with Crippen LogP contribution in [0.15, 0.2) is 24.3 Å². The standard InChI is InChI=1S/C15H22N2O/c1-12-4-6-15(7-5-12)10-17-13(2)8-16(11-18)9-14(17)3/h4-7,11,13-14H,8-10H2,1-3H3/t13-,14?/m0/s1. The van der Waals surface area contributed by atoms with Crippen LogP contribution >= 0.6 is 0 Å². The number of carbonyl (C=O) groups is 1. The number of aryl methyl sites for hydroxylation is 1. The van der Waals surface area contributed by atoms with Crippen LogP contribution in [-0.4, -0.2) is 41.4 Å². The Balaban J connectivity index is 2.04. The van der Waals surface area contributed by atoms with Gasteiger partial charge in [-0.05, 0) is 26.3 Å². The highest BCUT2D eigenvalue weighted by molar-refractivity contribution is 5.47. The topological polar surface area (TPSA) is 23.6 Å². The van der Waals surface area contributed by atoms with Gasteiger partial charge in [0.2, 0.25) is 6.41 Å². The van der Waals surface area contributed by atoms with Crippen LogP contribution in [0.25, 0.3) is 0 Å². The van der Waals surface area contributed by atoms with Gasteiger partial charge in [0.1, 0.15) is 0 Å². The largest absolute Gasteiger partial charge is 0.342 e. The highest BCUT2D eigenvalue weighted by Crippen LogP contribution is 2.18. The monoisotopic (exact) mass is 246 g/mol. The van der Waals surface area contributed by atoms with Crippen molar-refractivity contribution < 1.29 is 4.79 Å². The molecule has 3 heteroatoms. The summed E-state index contributed by atoms with van der Waals surface area (Å²) in [6.07, 6.45) is 0.968. The van der Waals surface area contributed by atoms with Crippen LogP contribution in [0.4, 0.5) is 0 Å². The first-order chi connectivity index (χ1) is 8.60. The van der Waals surface area contributed by atoms with Crippen molar-refractivity contribution in [3.63, 3.8) is 0 Å². The van der Waals surface area contributed by atoms with Crippen molar-refractivity contribution in [3.05, 3.63) is 35.4 Å². The van der Waals surface area contributed by atoms with Gasteiger partial charge in [0.25, 0.3) is 0 Å². The lowest BCUT2D eigenvalue weighted by molar-refractivity contribution is -0.122. The van der Waals surface area contributed by atoms with Crippen LogP contribution in [0, 0.1) is 6.92 Å². The SMILES string of the molecule is Cc1ccc(CN2C(C)CN(C=O)C[C@@H]2C)cc1. The van der Waals surface area contributed by atoms with Crippen molar-refractivity contribution in [1.82, 2.24) is 9.80 Å². The maximum absolute atomic E-state index is 10.9. The Bertz CT molecular complexity index is 389. The van der Waals surface area contributed by atoms with Crippen molar-refractivity contribution in [3.8, 4) is 0 Å². The molecule has 1 unspecified atom stereocenters. The minimum absolute atomic E-state index is 0.417. The van der Waals surface area contributed by atoms with Gasteiger partial charge in [-0.1, -0.05) is 29.8 Å². The lowest BCUT2D eigenvalue weighted by Gasteiger charge is -2.43. The predicted molar refractivity (Wildman–Crippen MR) is 73.3 cm³/mol. The number of hydrogen-bond donors (Lipinski definition) is 0. The molecule has 0 bridgehead atoms. The molecule has 1 aliphatic heterocycles. The van der Waals surface area contributed by atoms with E-state index in [0.29, 0.717) is 12.1 Å². The zero-order chi connectivity index (χ0) is 13.1. The fourth-order valence-corrected chi connectivity index (χ4v) is 2.70. The molecule has 2 rings (SSSR count). The van der Waals surface area contributed by atoms with Crippen LogP contribution in [0.2, 0.25) is 0 Å². The van der Waals surface area contributed by atoms with E-state index in [-0.39, 0.29) is 0 Å². The highest BCUT2D eigenvalue weighted by atomic mass is 16.1. The molecule has 3 nitrogen and oxygen atoms in total. The summed E-state index contributed by atoms with van der Waals surface area (Å²) in [7, 11) is 0. The van der Waals surface area contributed by atoms with E-state index >= 15 is 0 Å². The average Bonchev–Trinajstić information content (AvgIpc) is 2.35. The van der Waals surface area contributed by atoms with Gasteiger partial charge in [-0.2, -0.15) is 0 Å². The molecule has 0 aliphatic carbocycles. The Morgan fingerprint density at radius 2 is 1.72 bits per heavy atom. The molecule has 0 spiro atoms. The fourth-order valence-electron chi connectivity index (χ4n) is 2.70. The summed E-state index contributed by atoms with van der Waals surface area (Å²) in [5.41, 5.74) is 2.64. The molecule has 0 saturated carbocycles. The van der Waals surface area contributed by atoms with E-state index in [9.17, 15) is 4.79 Å². The smallest absolute Gasteiger partial charge is 0.209 e. The summed E-state index contributed by atoms with van der Waals surface area (Å²) in [4.78, 5) is 15.2. The molecule has 18 heavy (non-hydrogen) atoms. The second-order valence-corrected chi connectivity index (χ2v) is 5.42. The molecule has 1 heterocycles. The lowest BCUT2D eigenvalue weighted by atomic mass is 10.1. The molecule has 98 valence electrons. The van der Waals surface area contributed by atoms with Gasteiger partial charge in [0, 0.05) is 31.7 Å². The third kappa shape index (κ3) is 2.91. The van der Waals surface area contributed by atoms with Crippen LogP contribution < -0.4 is 0 Å². The van der Waals surface area contributed by atoms with E-state index < -0.39 is 0 Å². The first-order valence-corrected chi connectivity index (χ1v) is 6.61.